The van der Waals surface area contributed by atoms with Gasteiger partial charge in [0.15, 0.2) is 0 Å². The van der Waals surface area contributed by atoms with Crippen LogP contribution in [0.4, 0.5) is 17.3 Å². The standard InChI is InChI=1S/C26H32N6O3.ClH/c1-3-35-25(34)22-17(2)21-16-28-26(30-23(21)32(24(22)33)20-6-4-5-7-20)29-18-8-10-19(11-9-18)31-14-12-27-13-15-31;/h8-11,16,20,27H,3-7,12-15H2,1-2H3,(H,28,29,30);1H. The van der Waals surface area contributed by atoms with Crippen LogP contribution in [0.2, 0.25) is 0 Å². The van der Waals surface area contributed by atoms with E-state index in [0.717, 1.165) is 57.5 Å². The van der Waals surface area contributed by atoms with Gasteiger partial charge in [0.05, 0.1) is 6.61 Å². The molecule has 1 aliphatic heterocycles. The van der Waals surface area contributed by atoms with E-state index in [1.807, 2.05) is 12.1 Å². The van der Waals surface area contributed by atoms with Crippen LogP contribution in [-0.4, -0.2) is 53.3 Å². The summed E-state index contributed by atoms with van der Waals surface area (Å²) in [6.45, 7) is 7.68. The molecule has 0 radical (unpaired) electrons. The Labute approximate surface area is 216 Å². The second-order valence-corrected chi connectivity index (χ2v) is 9.17. The number of nitrogens with zero attached hydrogens (tertiary/aromatic N) is 4. The molecule has 192 valence electrons. The highest BCUT2D eigenvalue weighted by Gasteiger charge is 2.27. The Morgan fingerprint density at radius 1 is 1.17 bits per heavy atom. The van der Waals surface area contributed by atoms with E-state index in [0.29, 0.717) is 22.5 Å². The summed E-state index contributed by atoms with van der Waals surface area (Å²) in [6, 6.07) is 8.24. The largest absolute Gasteiger partial charge is 0.462 e. The van der Waals surface area contributed by atoms with Crippen molar-refractivity contribution < 1.29 is 9.53 Å². The highest BCUT2D eigenvalue weighted by molar-refractivity contribution is 5.96. The summed E-state index contributed by atoms with van der Waals surface area (Å²) in [5.74, 6) is -0.169. The summed E-state index contributed by atoms with van der Waals surface area (Å²) < 4.78 is 6.90. The van der Waals surface area contributed by atoms with E-state index in [-0.39, 0.29) is 36.2 Å². The third-order valence-electron chi connectivity index (χ3n) is 6.98. The number of hydrogen-bond acceptors (Lipinski definition) is 8. The number of halogens is 1. The average Bonchev–Trinajstić information content (AvgIpc) is 3.40. The minimum absolute atomic E-state index is 0. The summed E-state index contributed by atoms with van der Waals surface area (Å²) in [6.07, 6.45) is 5.58. The Bertz CT molecular complexity index is 1280. The van der Waals surface area contributed by atoms with Crippen molar-refractivity contribution in [3.63, 3.8) is 0 Å². The fraction of sp³-hybridized carbons (Fsp3) is 0.462. The molecule has 5 rings (SSSR count). The van der Waals surface area contributed by atoms with Gasteiger partial charge in [-0.3, -0.25) is 9.36 Å². The van der Waals surface area contributed by atoms with Gasteiger partial charge in [0.25, 0.3) is 5.56 Å². The Morgan fingerprint density at radius 3 is 2.53 bits per heavy atom. The number of piperazine rings is 1. The van der Waals surface area contributed by atoms with Crippen molar-refractivity contribution >= 4 is 46.7 Å². The lowest BCUT2D eigenvalue weighted by atomic mass is 10.1. The molecule has 0 amide bonds. The minimum Gasteiger partial charge on any atom is -0.462 e. The van der Waals surface area contributed by atoms with Crippen LogP contribution in [-0.2, 0) is 4.74 Å². The van der Waals surface area contributed by atoms with Gasteiger partial charge in [0.1, 0.15) is 11.2 Å². The molecular formula is C26H33ClN6O3. The maximum atomic E-state index is 13.5. The second kappa shape index (κ2) is 11.3. The molecule has 9 nitrogen and oxygen atoms in total. The normalized spacial score (nSPS) is 16.1. The molecule has 3 heterocycles. The molecule has 1 saturated heterocycles. The minimum atomic E-state index is -0.588. The molecule has 2 aliphatic rings. The van der Waals surface area contributed by atoms with Crippen molar-refractivity contribution in [1.29, 1.82) is 0 Å². The first-order valence-corrected chi connectivity index (χ1v) is 12.5. The first-order valence-electron chi connectivity index (χ1n) is 12.5. The molecule has 3 aromatic rings. The number of ether oxygens (including phenoxy) is 1. The molecular weight excluding hydrogens is 480 g/mol. The fourth-order valence-electron chi connectivity index (χ4n) is 5.15. The van der Waals surface area contributed by atoms with E-state index in [4.69, 9.17) is 9.72 Å². The lowest BCUT2D eigenvalue weighted by molar-refractivity contribution is 0.0522. The van der Waals surface area contributed by atoms with Crippen molar-refractivity contribution in [2.45, 2.75) is 45.6 Å². The van der Waals surface area contributed by atoms with E-state index in [2.05, 4.69) is 32.7 Å². The monoisotopic (exact) mass is 512 g/mol. The van der Waals surface area contributed by atoms with E-state index in [9.17, 15) is 9.59 Å². The summed E-state index contributed by atoms with van der Waals surface area (Å²) in [4.78, 5) is 37.8. The molecule has 0 spiro atoms. The topological polar surface area (TPSA) is 101 Å². The molecule has 1 aromatic carbocycles. The first kappa shape index (κ1) is 25.9. The van der Waals surface area contributed by atoms with Crippen LogP contribution in [0.5, 0.6) is 0 Å². The molecule has 36 heavy (non-hydrogen) atoms. The van der Waals surface area contributed by atoms with Crippen LogP contribution in [0.3, 0.4) is 0 Å². The Morgan fingerprint density at radius 2 is 1.86 bits per heavy atom. The lowest BCUT2D eigenvalue weighted by Crippen LogP contribution is -2.43. The van der Waals surface area contributed by atoms with Crippen molar-refractivity contribution in [1.82, 2.24) is 19.9 Å². The van der Waals surface area contributed by atoms with Crippen LogP contribution in [0.15, 0.2) is 35.3 Å². The van der Waals surface area contributed by atoms with E-state index >= 15 is 0 Å². The van der Waals surface area contributed by atoms with Gasteiger partial charge in [-0.05, 0) is 56.5 Å². The fourth-order valence-corrected chi connectivity index (χ4v) is 5.15. The van der Waals surface area contributed by atoms with Gasteiger partial charge in [-0.25, -0.2) is 9.78 Å². The summed E-state index contributed by atoms with van der Waals surface area (Å²) in [7, 11) is 0. The zero-order valence-corrected chi connectivity index (χ0v) is 21.6. The third kappa shape index (κ3) is 5.03. The third-order valence-corrected chi connectivity index (χ3v) is 6.98. The molecule has 2 N–H and O–H groups in total. The van der Waals surface area contributed by atoms with Crippen LogP contribution in [0.1, 0.15) is 54.6 Å². The predicted molar refractivity (Wildman–Crippen MR) is 144 cm³/mol. The lowest BCUT2D eigenvalue weighted by Gasteiger charge is -2.29. The molecule has 10 heteroatoms. The number of esters is 1. The molecule has 0 bridgehead atoms. The molecule has 1 aliphatic carbocycles. The van der Waals surface area contributed by atoms with Gasteiger partial charge in [0, 0.05) is 55.2 Å². The predicted octanol–water partition coefficient (Wildman–Crippen LogP) is 3.97. The molecule has 2 fully saturated rings. The van der Waals surface area contributed by atoms with Crippen molar-refractivity contribution in [2.75, 3.05) is 43.0 Å². The zero-order chi connectivity index (χ0) is 24.4. The van der Waals surface area contributed by atoms with Crippen LogP contribution >= 0.6 is 12.4 Å². The quantitative estimate of drug-likeness (QED) is 0.478. The number of carbonyl (C=O) groups is 1. The highest BCUT2D eigenvalue weighted by Crippen LogP contribution is 2.32. The molecule has 0 unspecified atom stereocenters. The summed E-state index contributed by atoms with van der Waals surface area (Å²) >= 11 is 0. The van der Waals surface area contributed by atoms with E-state index in [1.54, 1.807) is 24.6 Å². The van der Waals surface area contributed by atoms with Crippen LogP contribution in [0.25, 0.3) is 11.0 Å². The number of benzene rings is 1. The Balaban J connectivity index is 0.00000304. The van der Waals surface area contributed by atoms with Gasteiger partial charge < -0.3 is 20.3 Å². The van der Waals surface area contributed by atoms with Gasteiger partial charge >= 0.3 is 5.97 Å². The molecule has 2 aromatic heterocycles. The number of aromatic nitrogens is 3. The van der Waals surface area contributed by atoms with Crippen LogP contribution < -0.4 is 21.1 Å². The Kier molecular flexibility index (Phi) is 8.11. The number of anilines is 3. The first-order chi connectivity index (χ1) is 17.1. The number of fused-ring (bicyclic) bond motifs is 1. The average molecular weight is 513 g/mol. The van der Waals surface area contributed by atoms with Crippen molar-refractivity contribution in [2.24, 2.45) is 0 Å². The number of nitrogens with one attached hydrogen (secondary N) is 2. The number of carbonyl (C=O) groups excluding carboxylic acids is 1. The second-order valence-electron chi connectivity index (χ2n) is 9.17. The Hall–Kier alpha value is -3.17. The highest BCUT2D eigenvalue weighted by atomic mass is 35.5. The van der Waals surface area contributed by atoms with Gasteiger partial charge in [0.2, 0.25) is 5.95 Å². The smallest absolute Gasteiger partial charge is 0.344 e. The van der Waals surface area contributed by atoms with Crippen molar-refractivity contribution in [3.8, 4) is 0 Å². The number of pyridine rings is 1. The SMILES string of the molecule is CCOC(=O)c1c(C)c2cnc(Nc3ccc(N4CCNCC4)cc3)nc2n(C2CCCC2)c1=O.Cl. The summed E-state index contributed by atoms with van der Waals surface area (Å²) in [5.41, 5.74) is 2.93. The van der Waals surface area contributed by atoms with Gasteiger partial charge in [-0.15, -0.1) is 12.4 Å². The van der Waals surface area contributed by atoms with E-state index < -0.39 is 5.97 Å². The molecule has 0 atom stereocenters. The van der Waals surface area contributed by atoms with Crippen molar-refractivity contribution in [3.05, 3.63) is 51.9 Å². The maximum absolute atomic E-state index is 13.5. The van der Waals surface area contributed by atoms with E-state index in [1.165, 1.54) is 5.69 Å². The number of hydrogen-bond donors (Lipinski definition) is 2. The summed E-state index contributed by atoms with van der Waals surface area (Å²) in [5, 5.41) is 7.35. The zero-order valence-electron chi connectivity index (χ0n) is 20.7. The van der Waals surface area contributed by atoms with Gasteiger partial charge in [-0.1, -0.05) is 12.8 Å². The van der Waals surface area contributed by atoms with Gasteiger partial charge in [-0.2, -0.15) is 4.98 Å². The maximum Gasteiger partial charge on any atom is 0.344 e. The molecule has 1 saturated carbocycles. The number of rotatable bonds is 6. The van der Waals surface area contributed by atoms with Crippen LogP contribution in [0, 0.1) is 6.92 Å². The number of aryl methyl sites for hydroxylation is 1.